The monoisotopic (exact) mass is 405 g/mol. The van der Waals surface area contributed by atoms with Crippen molar-refractivity contribution < 1.29 is 4.79 Å². The molecule has 0 saturated heterocycles. The van der Waals surface area contributed by atoms with Gasteiger partial charge in [-0.25, -0.2) is 0 Å². The highest BCUT2D eigenvalue weighted by Crippen LogP contribution is 2.27. The van der Waals surface area contributed by atoms with Crippen LogP contribution in [0.5, 0.6) is 0 Å². The minimum atomic E-state index is -0.117. The number of nitrogens with one attached hydrogen (secondary N) is 2. The molecule has 0 aliphatic heterocycles. The number of nitrogens with two attached hydrogens (primary N) is 1. The van der Waals surface area contributed by atoms with Crippen LogP contribution in [0.25, 0.3) is 0 Å². The molecule has 0 heterocycles. The molecule has 0 unspecified atom stereocenters. The van der Waals surface area contributed by atoms with Gasteiger partial charge in [0.25, 0.3) is 5.91 Å². The summed E-state index contributed by atoms with van der Waals surface area (Å²) in [5, 5.41) is 8.78. The molecule has 2 aliphatic carbocycles. The first-order valence-electron chi connectivity index (χ1n) is 8.79. The number of hydrogen-bond donors (Lipinski definition) is 3. The standard InChI is InChI=1S/C12H13Cl2NO.C4H8.C2H8N2S/c13-9-4-5-10(11(14)6-9)12(16)15-7-8-2-1-3-8;1-4-2-3-4;1-2-4-5-3/h4-6,8H,1-3,7H2,(H,15,16);4H,2-3H2,1H3;4H,2-3H2,1H3. The molecule has 0 spiro atoms. The van der Waals surface area contributed by atoms with Crippen LogP contribution in [0.15, 0.2) is 18.2 Å². The summed E-state index contributed by atoms with van der Waals surface area (Å²) in [5.74, 6) is 1.61. The van der Waals surface area contributed by atoms with Crippen LogP contribution in [0.4, 0.5) is 0 Å². The second-order valence-electron chi connectivity index (χ2n) is 6.43. The zero-order valence-electron chi connectivity index (χ0n) is 15.0. The van der Waals surface area contributed by atoms with Gasteiger partial charge in [0, 0.05) is 30.2 Å². The summed E-state index contributed by atoms with van der Waals surface area (Å²) in [4.78, 5) is 11.8. The SMILES string of the molecule is CC1CC1.CCNSN.O=C(NCC1CCC1)c1ccc(Cl)cc1Cl. The van der Waals surface area contributed by atoms with Crippen molar-refractivity contribution in [1.29, 1.82) is 0 Å². The van der Waals surface area contributed by atoms with Crippen LogP contribution < -0.4 is 15.2 Å². The molecule has 4 N–H and O–H groups in total. The van der Waals surface area contributed by atoms with Crippen molar-refractivity contribution >= 4 is 41.2 Å². The van der Waals surface area contributed by atoms with Gasteiger partial charge in [0.2, 0.25) is 0 Å². The van der Waals surface area contributed by atoms with Gasteiger partial charge >= 0.3 is 0 Å². The van der Waals surface area contributed by atoms with E-state index in [1.807, 2.05) is 6.92 Å². The largest absolute Gasteiger partial charge is 0.352 e. The molecule has 1 amide bonds. The van der Waals surface area contributed by atoms with Crippen LogP contribution in [-0.4, -0.2) is 19.0 Å². The average molecular weight is 406 g/mol. The van der Waals surface area contributed by atoms with E-state index in [1.165, 1.54) is 32.1 Å². The first kappa shape index (κ1) is 22.6. The van der Waals surface area contributed by atoms with Crippen LogP contribution >= 0.6 is 35.3 Å². The van der Waals surface area contributed by atoms with Crippen LogP contribution in [0.1, 0.15) is 56.3 Å². The summed E-state index contributed by atoms with van der Waals surface area (Å²) in [5.41, 5.74) is 0.491. The molecule has 1 aromatic rings. The number of carbonyl (C=O) groups excluding carboxylic acids is 1. The highest BCUT2D eigenvalue weighted by molar-refractivity contribution is 7.95. The number of benzene rings is 1. The van der Waals surface area contributed by atoms with E-state index in [1.54, 1.807) is 18.2 Å². The summed E-state index contributed by atoms with van der Waals surface area (Å²) in [7, 11) is 0. The molecule has 0 aromatic heterocycles. The van der Waals surface area contributed by atoms with Crippen molar-refractivity contribution in [2.24, 2.45) is 17.0 Å². The zero-order valence-corrected chi connectivity index (χ0v) is 17.3. The number of halogens is 2. The highest BCUT2D eigenvalue weighted by Gasteiger charge is 2.19. The number of carbonyl (C=O) groups is 1. The van der Waals surface area contributed by atoms with E-state index in [2.05, 4.69) is 17.0 Å². The zero-order chi connectivity index (χ0) is 18.7. The lowest BCUT2D eigenvalue weighted by Gasteiger charge is -2.25. The summed E-state index contributed by atoms with van der Waals surface area (Å²) >= 11 is 12.9. The third-order valence-electron chi connectivity index (χ3n) is 4.05. The average Bonchev–Trinajstić information content (AvgIpc) is 3.30. The van der Waals surface area contributed by atoms with Gasteiger partial charge in [0.05, 0.1) is 10.6 Å². The molecule has 7 heteroatoms. The Morgan fingerprint density at radius 2 is 1.92 bits per heavy atom. The molecule has 2 fully saturated rings. The van der Waals surface area contributed by atoms with E-state index in [9.17, 15) is 4.79 Å². The summed E-state index contributed by atoms with van der Waals surface area (Å²) in [6.45, 7) is 5.96. The molecule has 142 valence electrons. The van der Waals surface area contributed by atoms with Crippen molar-refractivity contribution in [2.75, 3.05) is 13.1 Å². The van der Waals surface area contributed by atoms with Crippen molar-refractivity contribution in [1.82, 2.24) is 10.0 Å². The highest BCUT2D eigenvalue weighted by atomic mass is 35.5. The van der Waals surface area contributed by atoms with Gasteiger partial charge in [-0.1, -0.05) is 56.3 Å². The fourth-order valence-electron chi connectivity index (χ4n) is 1.95. The molecule has 3 rings (SSSR count). The van der Waals surface area contributed by atoms with E-state index in [-0.39, 0.29) is 5.91 Å². The van der Waals surface area contributed by atoms with E-state index in [0.717, 1.165) is 31.1 Å². The fourth-order valence-corrected chi connectivity index (χ4v) is 2.61. The van der Waals surface area contributed by atoms with Gasteiger partial charge in [-0.3, -0.25) is 14.7 Å². The summed E-state index contributed by atoms with van der Waals surface area (Å²) in [6, 6.07) is 4.91. The van der Waals surface area contributed by atoms with Crippen LogP contribution in [-0.2, 0) is 0 Å². The van der Waals surface area contributed by atoms with E-state index in [4.69, 9.17) is 28.3 Å². The number of rotatable bonds is 5. The lowest BCUT2D eigenvalue weighted by molar-refractivity contribution is 0.0939. The van der Waals surface area contributed by atoms with Gasteiger partial charge in [0.1, 0.15) is 0 Å². The quantitative estimate of drug-likeness (QED) is 0.598. The normalized spacial score (nSPS) is 15.9. The molecular weight excluding hydrogens is 377 g/mol. The molecule has 0 bridgehead atoms. The first-order chi connectivity index (χ1) is 12.0. The van der Waals surface area contributed by atoms with Crippen molar-refractivity contribution in [3.05, 3.63) is 33.8 Å². The van der Waals surface area contributed by atoms with Crippen LogP contribution in [0.2, 0.25) is 10.0 Å². The molecule has 4 nitrogen and oxygen atoms in total. The summed E-state index contributed by atoms with van der Waals surface area (Å²) in [6.07, 6.45) is 6.69. The fraction of sp³-hybridized carbons (Fsp3) is 0.611. The van der Waals surface area contributed by atoms with E-state index >= 15 is 0 Å². The Morgan fingerprint density at radius 1 is 1.28 bits per heavy atom. The Balaban J connectivity index is 0.000000285. The maximum absolute atomic E-state index is 11.8. The predicted molar refractivity (Wildman–Crippen MR) is 110 cm³/mol. The van der Waals surface area contributed by atoms with Gasteiger partial charge in [0.15, 0.2) is 0 Å². The third kappa shape index (κ3) is 10.3. The molecule has 2 aliphatic rings. The van der Waals surface area contributed by atoms with Gasteiger partial charge < -0.3 is 5.32 Å². The topological polar surface area (TPSA) is 67.1 Å². The summed E-state index contributed by atoms with van der Waals surface area (Å²) < 4.78 is 2.81. The Bertz CT molecular complexity index is 521. The molecule has 2 saturated carbocycles. The Hall–Kier alpha value is -0.460. The maximum atomic E-state index is 11.8. The Kier molecular flexibility index (Phi) is 11.6. The molecular formula is C18H29Cl2N3OS. The molecule has 0 atom stereocenters. The predicted octanol–water partition coefficient (Wildman–Crippen LogP) is 5.06. The minimum Gasteiger partial charge on any atom is -0.352 e. The van der Waals surface area contributed by atoms with Crippen LogP contribution in [0.3, 0.4) is 0 Å². The van der Waals surface area contributed by atoms with E-state index in [0.29, 0.717) is 21.5 Å². The lowest BCUT2D eigenvalue weighted by Crippen LogP contribution is -2.32. The third-order valence-corrected chi connectivity index (χ3v) is 5.05. The molecule has 1 aromatic carbocycles. The molecule has 0 radical (unpaired) electrons. The second kappa shape index (κ2) is 12.8. The van der Waals surface area contributed by atoms with Crippen molar-refractivity contribution in [3.8, 4) is 0 Å². The smallest absolute Gasteiger partial charge is 0.252 e. The van der Waals surface area contributed by atoms with E-state index < -0.39 is 0 Å². The first-order valence-corrected chi connectivity index (χ1v) is 10.4. The van der Waals surface area contributed by atoms with Crippen molar-refractivity contribution in [2.45, 2.75) is 46.0 Å². The Morgan fingerprint density at radius 3 is 2.28 bits per heavy atom. The number of amides is 1. The molecule has 25 heavy (non-hydrogen) atoms. The van der Waals surface area contributed by atoms with Crippen molar-refractivity contribution in [3.63, 3.8) is 0 Å². The Labute approximate surface area is 165 Å². The number of hydrogen-bond acceptors (Lipinski definition) is 4. The van der Waals surface area contributed by atoms with Gasteiger partial charge in [-0.2, -0.15) is 0 Å². The van der Waals surface area contributed by atoms with Crippen LogP contribution in [0, 0.1) is 11.8 Å². The lowest BCUT2D eigenvalue weighted by atomic mass is 9.85. The van der Waals surface area contributed by atoms with Gasteiger partial charge in [-0.15, -0.1) is 0 Å². The minimum absolute atomic E-state index is 0.117. The van der Waals surface area contributed by atoms with Gasteiger partial charge in [-0.05, 0) is 42.9 Å². The maximum Gasteiger partial charge on any atom is 0.252 e. The second-order valence-corrected chi connectivity index (χ2v) is 7.80.